The highest BCUT2D eigenvalue weighted by molar-refractivity contribution is 7.80. The Labute approximate surface area is 176 Å². The lowest BCUT2D eigenvalue weighted by molar-refractivity contribution is -0.149. The molecule has 1 heterocycles. The summed E-state index contributed by atoms with van der Waals surface area (Å²) in [7, 11) is 0. The van der Waals surface area contributed by atoms with Crippen molar-refractivity contribution in [1.82, 2.24) is 15.5 Å². The number of thiol groups is 2. The summed E-state index contributed by atoms with van der Waals surface area (Å²) < 4.78 is 0. The minimum Gasteiger partial charge on any atom is -0.480 e. The Morgan fingerprint density at radius 1 is 1.11 bits per heavy atom. The molecule has 160 valence electrons. The van der Waals surface area contributed by atoms with Crippen molar-refractivity contribution in [3.05, 3.63) is 0 Å². The summed E-state index contributed by atoms with van der Waals surface area (Å²) in [4.78, 5) is 50.2. The molecule has 28 heavy (non-hydrogen) atoms. The maximum absolute atomic E-state index is 12.9. The second kappa shape index (κ2) is 11.5. The van der Waals surface area contributed by atoms with Crippen molar-refractivity contribution in [2.45, 2.75) is 57.3 Å². The maximum Gasteiger partial charge on any atom is 0.326 e. The predicted molar refractivity (Wildman–Crippen MR) is 111 cm³/mol. The van der Waals surface area contributed by atoms with E-state index in [0.29, 0.717) is 25.8 Å². The first-order valence-electron chi connectivity index (χ1n) is 9.23. The van der Waals surface area contributed by atoms with E-state index >= 15 is 0 Å². The molecule has 0 spiro atoms. The van der Waals surface area contributed by atoms with Crippen LogP contribution in [0.2, 0.25) is 0 Å². The van der Waals surface area contributed by atoms with E-state index in [1.165, 1.54) is 4.90 Å². The molecule has 3 amide bonds. The zero-order valence-electron chi connectivity index (χ0n) is 16.1. The zero-order valence-corrected chi connectivity index (χ0v) is 17.9. The summed E-state index contributed by atoms with van der Waals surface area (Å²) >= 11 is 8.04. The van der Waals surface area contributed by atoms with Gasteiger partial charge in [-0.05, 0) is 25.2 Å². The van der Waals surface area contributed by atoms with Crippen molar-refractivity contribution < 1.29 is 24.3 Å². The van der Waals surface area contributed by atoms with E-state index in [-0.39, 0.29) is 17.4 Å². The number of amides is 3. The van der Waals surface area contributed by atoms with Crippen LogP contribution in [0.4, 0.5) is 0 Å². The topological polar surface area (TPSA) is 142 Å². The van der Waals surface area contributed by atoms with Gasteiger partial charge < -0.3 is 26.4 Å². The lowest BCUT2D eigenvalue weighted by Crippen LogP contribution is -2.58. The minimum absolute atomic E-state index is 0.0148. The molecule has 0 bridgehead atoms. The monoisotopic (exact) mass is 434 g/mol. The van der Waals surface area contributed by atoms with E-state index in [2.05, 4.69) is 35.9 Å². The van der Waals surface area contributed by atoms with Crippen LogP contribution in [0.25, 0.3) is 0 Å². The third-order valence-corrected chi connectivity index (χ3v) is 5.25. The molecule has 1 fully saturated rings. The van der Waals surface area contributed by atoms with Gasteiger partial charge in [-0.1, -0.05) is 13.8 Å². The van der Waals surface area contributed by atoms with Crippen LogP contribution in [0.5, 0.6) is 0 Å². The Hall–Kier alpha value is -1.46. The van der Waals surface area contributed by atoms with Crippen LogP contribution in [0.15, 0.2) is 0 Å². The molecular weight excluding hydrogens is 404 g/mol. The van der Waals surface area contributed by atoms with Gasteiger partial charge in [-0.3, -0.25) is 14.4 Å². The van der Waals surface area contributed by atoms with E-state index in [1.54, 1.807) is 0 Å². The van der Waals surface area contributed by atoms with Crippen LogP contribution in [0, 0.1) is 5.92 Å². The molecule has 0 aliphatic carbocycles. The fourth-order valence-corrected chi connectivity index (χ4v) is 3.43. The molecular formula is C17H30N4O5S2. The van der Waals surface area contributed by atoms with Crippen molar-refractivity contribution in [3.8, 4) is 0 Å². The highest BCUT2D eigenvalue weighted by Gasteiger charge is 2.38. The Morgan fingerprint density at radius 3 is 2.21 bits per heavy atom. The summed E-state index contributed by atoms with van der Waals surface area (Å²) in [6.07, 6.45) is 1.33. The first kappa shape index (κ1) is 24.6. The number of carboxylic acid groups (broad SMARTS) is 1. The van der Waals surface area contributed by atoms with Gasteiger partial charge in [0.15, 0.2) is 0 Å². The number of hydrogen-bond acceptors (Lipinski definition) is 7. The second-order valence-corrected chi connectivity index (χ2v) is 7.98. The van der Waals surface area contributed by atoms with Gasteiger partial charge in [0.05, 0.1) is 6.04 Å². The van der Waals surface area contributed by atoms with Crippen molar-refractivity contribution in [2.24, 2.45) is 11.7 Å². The van der Waals surface area contributed by atoms with E-state index in [1.807, 2.05) is 13.8 Å². The van der Waals surface area contributed by atoms with Gasteiger partial charge in [0, 0.05) is 18.1 Å². The number of nitrogens with zero attached hydrogens (tertiary/aromatic N) is 1. The average Bonchev–Trinajstić information content (AvgIpc) is 3.13. The van der Waals surface area contributed by atoms with E-state index < -0.39 is 47.9 Å². The minimum atomic E-state index is -1.05. The summed E-state index contributed by atoms with van der Waals surface area (Å²) in [5, 5.41) is 14.5. The standard InChI is InChI=1S/C17H30N4O5S2/c1-9(2)6-11(16(24)21-5-3-4-13(21)17(25)26)19-15(23)12(8-28)20-14(22)10(18)7-27/h9-13,27-28H,3-8,18H2,1-2H3,(H,19,23)(H,20,22)(H,25,26). The number of rotatable bonds is 10. The highest BCUT2D eigenvalue weighted by Crippen LogP contribution is 2.20. The van der Waals surface area contributed by atoms with E-state index in [0.717, 1.165) is 0 Å². The molecule has 0 radical (unpaired) electrons. The smallest absolute Gasteiger partial charge is 0.326 e. The molecule has 1 aliphatic rings. The largest absolute Gasteiger partial charge is 0.480 e. The van der Waals surface area contributed by atoms with Crippen LogP contribution < -0.4 is 16.4 Å². The van der Waals surface area contributed by atoms with Crippen molar-refractivity contribution in [3.63, 3.8) is 0 Å². The van der Waals surface area contributed by atoms with Crippen LogP contribution in [-0.2, 0) is 19.2 Å². The molecule has 1 saturated heterocycles. The van der Waals surface area contributed by atoms with Gasteiger partial charge in [0.2, 0.25) is 17.7 Å². The summed E-state index contributed by atoms with van der Waals surface area (Å²) in [6.45, 7) is 4.13. The second-order valence-electron chi connectivity index (χ2n) is 7.25. The predicted octanol–water partition coefficient (Wildman–Crippen LogP) is -0.735. The van der Waals surface area contributed by atoms with Crippen molar-refractivity contribution in [2.75, 3.05) is 18.1 Å². The fourth-order valence-electron chi connectivity index (χ4n) is 3.01. The molecule has 9 nitrogen and oxygen atoms in total. The van der Waals surface area contributed by atoms with Gasteiger partial charge in [0.25, 0.3) is 0 Å². The molecule has 0 aromatic heterocycles. The van der Waals surface area contributed by atoms with Gasteiger partial charge in [-0.2, -0.15) is 25.3 Å². The summed E-state index contributed by atoms with van der Waals surface area (Å²) in [5.41, 5.74) is 5.60. The SMILES string of the molecule is CC(C)CC(NC(=O)C(CS)NC(=O)C(N)CS)C(=O)N1CCCC1C(=O)O. The Balaban J connectivity index is 2.89. The van der Waals surface area contributed by atoms with Crippen molar-refractivity contribution >= 4 is 48.9 Å². The number of nitrogens with one attached hydrogen (secondary N) is 2. The normalized spacial score (nSPS) is 19.8. The Kier molecular flexibility index (Phi) is 10.1. The third kappa shape index (κ3) is 6.85. The Bertz CT molecular complexity index is 590. The zero-order chi connectivity index (χ0) is 21.4. The highest BCUT2D eigenvalue weighted by atomic mass is 32.1. The lowest BCUT2D eigenvalue weighted by Gasteiger charge is -2.29. The van der Waals surface area contributed by atoms with E-state index in [9.17, 15) is 24.3 Å². The molecule has 1 aliphatic heterocycles. The quantitative estimate of drug-likeness (QED) is 0.250. The summed E-state index contributed by atoms with van der Waals surface area (Å²) in [6, 6.07) is -3.61. The number of likely N-dealkylation sites (tertiary alicyclic amines) is 1. The molecule has 11 heteroatoms. The molecule has 0 aromatic rings. The van der Waals surface area contributed by atoms with Gasteiger partial charge in [-0.25, -0.2) is 4.79 Å². The van der Waals surface area contributed by atoms with Gasteiger partial charge >= 0.3 is 5.97 Å². The average molecular weight is 435 g/mol. The first-order chi connectivity index (χ1) is 13.1. The van der Waals surface area contributed by atoms with Crippen molar-refractivity contribution in [1.29, 1.82) is 0 Å². The number of aliphatic carboxylic acids is 1. The number of carbonyl (C=O) groups excluding carboxylic acids is 3. The number of carbonyl (C=O) groups is 4. The number of carboxylic acids is 1. The molecule has 0 aromatic carbocycles. The van der Waals surface area contributed by atoms with E-state index in [4.69, 9.17) is 5.73 Å². The maximum atomic E-state index is 12.9. The molecule has 1 rings (SSSR count). The summed E-state index contributed by atoms with van der Waals surface area (Å²) in [5.74, 6) is -2.37. The molecule has 4 atom stereocenters. The van der Waals surface area contributed by atoms with Gasteiger partial charge in [-0.15, -0.1) is 0 Å². The third-order valence-electron chi connectivity index (χ3n) is 4.49. The number of hydrogen-bond donors (Lipinski definition) is 6. The first-order valence-corrected chi connectivity index (χ1v) is 10.5. The molecule has 0 saturated carbocycles. The van der Waals surface area contributed by atoms with Crippen LogP contribution in [0.3, 0.4) is 0 Å². The van der Waals surface area contributed by atoms with Crippen LogP contribution >= 0.6 is 25.3 Å². The Morgan fingerprint density at radius 2 is 1.71 bits per heavy atom. The van der Waals surface area contributed by atoms with Gasteiger partial charge in [0.1, 0.15) is 18.1 Å². The lowest BCUT2D eigenvalue weighted by atomic mass is 10.0. The van der Waals surface area contributed by atoms with Crippen LogP contribution in [0.1, 0.15) is 33.1 Å². The number of nitrogens with two attached hydrogens (primary N) is 1. The van der Waals surface area contributed by atoms with Crippen LogP contribution in [-0.4, -0.2) is 75.9 Å². The molecule has 4 unspecified atom stereocenters. The molecule has 5 N–H and O–H groups in total. The fraction of sp³-hybridized carbons (Fsp3) is 0.765.